The molecule has 1 saturated carbocycles. The molecule has 4 nitrogen and oxygen atoms in total. The zero-order valence-corrected chi connectivity index (χ0v) is 10.7. The number of hydrogen-bond acceptors (Lipinski definition) is 4. The van der Waals surface area contributed by atoms with Crippen LogP contribution in [-0.4, -0.2) is 27.0 Å². The lowest BCUT2D eigenvalue weighted by molar-refractivity contribution is -0.142. The molecule has 0 atom stereocenters. The Labute approximate surface area is 110 Å². The third-order valence-electron chi connectivity index (χ3n) is 3.17. The van der Waals surface area contributed by atoms with Gasteiger partial charge in [-0.25, -0.2) is 0 Å². The second kappa shape index (κ2) is 4.94. The van der Waals surface area contributed by atoms with Gasteiger partial charge in [-0.1, -0.05) is 6.58 Å². The average molecular weight is 262 g/mol. The second-order valence-electron chi connectivity index (χ2n) is 4.21. The van der Waals surface area contributed by atoms with E-state index in [1.54, 1.807) is 18.3 Å². The molecule has 1 aliphatic rings. The van der Waals surface area contributed by atoms with Crippen molar-refractivity contribution in [3.63, 3.8) is 0 Å². The molecule has 0 aromatic carbocycles. The van der Waals surface area contributed by atoms with Crippen LogP contribution in [0.2, 0.25) is 0 Å². The second-order valence-corrected chi connectivity index (χ2v) is 5.64. The van der Waals surface area contributed by atoms with Gasteiger partial charge < -0.3 is 10.5 Å². The zero-order valence-electron chi connectivity index (χ0n) is 9.85. The lowest BCUT2D eigenvalue weighted by Crippen LogP contribution is -2.41. The summed E-state index contributed by atoms with van der Waals surface area (Å²) in [6.45, 7) is 3.65. The average Bonchev–Trinajstić information content (AvgIpc) is 2.32. The predicted octanol–water partition coefficient (Wildman–Crippen LogP) is 2.82. The molecule has 18 heavy (non-hydrogen) atoms. The Morgan fingerprint density at radius 3 is 2.78 bits per heavy atom. The maximum absolute atomic E-state index is 11.3. The summed E-state index contributed by atoms with van der Waals surface area (Å²) in [5.41, 5.74) is 1.26. The molecular weight excluding hydrogens is 248 g/mol. The van der Waals surface area contributed by atoms with Gasteiger partial charge in [-0.15, -0.1) is 11.8 Å². The van der Waals surface area contributed by atoms with E-state index in [9.17, 15) is 9.90 Å². The van der Waals surface area contributed by atoms with Gasteiger partial charge in [0.05, 0.1) is 5.69 Å². The van der Waals surface area contributed by atoms with Crippen molar-refractivity contribution in [3.8, 4) is 0 Å². The molecule has 0 spiro atoms. The van der Waals surface area contributed by atoms with Crippen LogP contribution in [0.15, 0.2) is 23.7 Å². The molecule has 1 aromatic rings. The van der Waals surface area contributed by atoms with Crippen molar-refractivity contribution in [2.45, 2.75) is 28.9 Å². The van der Waals surface area contributed by atoms with Gasteiger partial charge in [0.25, 0.3) is 0 Å². The predicted molar refractivity (Wildman–Crippen MR) is 72.3 cm³/mol. The van der Waals surface area contributed by atoms with Gasteiger partial charge in [0, 0.05) is 22.9 Å². The number of nitrogens with one attached hydrogen (secondary N) is 1. The summed E-state index contributed by atoms with van der Waals surface area (Å²) in [5.74, 6) is -0.772. The van der Waals surface area contributed by atoms with Crippen molar-refractivity contribution in [1.29, 1.82) is 5.41 Å². The zero-order chi connectivity index (χ0) is 13.2. The van der Waals surface area contributed by atoms with Crippen LogP contribution in [0, 0.1) is 5.41 Å². The minimum absolute atomic E-state index is 0.620. The summed E-state index contributed by atoms with van der Waals surface area (Å²) in [5, 5.41) is 16.8. The fourth-order valence-electron chi connectivity index (χ4n) is 1.94. The molecule has 0 bridgehead atoms. The molecule has 1 heterocycles. The normalized spacial score (nSPS) is 16.7. The van der Waals surface area contributed by atoms with E-state index in [4.69, 9.17) is 5.41 Å². The highest BCUT2D eigenvalue weighted by Gasteiger charge is 2.45. The number of rotatable bonds is 5. The van der Waals surface area contributed by atoms with Gasteiger partial charge in [0.1, 0.15) is 4.75 Å². The van der Waals surface area contributed by atoms with Crippen LogP contribution in [0.1, 0.15) is 30.5 Å². The van der Waals surface area contributed by atoms with E-state index >= 15 is 0 Å². The van der Waals surface area contributed by atoms with Crippen molar-refractivity contribution < 1.29 is 9.90 Å². The summed E-state index contributed by atoms with van der Waals surface area (Å²) < 4.78 is -0.725. The molecule has 2 rings (SSSR count). The molecule has 0 unspecified atom stereocenters. The van der Waals surface area contributed by atoms with Gasteiger partial charge in [-0.2, -0.15) is 0 Å². The van der Waals surface area contributed by atoms with Gasteiger partial charge in [-0.3, -0.25) is 9.78 Å². The van der Waals surface area contributed by atoms with E-state index in [-0.39, 0.29) is 0 Å². The van der Waals surface area contributed by atoms with E-state index in [0.717, 1.165) is 11.3 Å². The molecule has 1 fully saturated rings. The first-order valence-electron chi connectivity index (χ1n) is 5.67. The monoisotopic (exact) mass is 262 g/mol. The number of hydrogen-bond donors (Lipinski definition) is 2. The van der Waals surface area contributed by atoms with Crippen molar-refractivity contribution >= 4 is 30.0 Å². The van der Waals surface area contributed by atoms with Crippen LogP contribution in [0.4, 0.5) is 0 Å². The first-order chi connectivity index (χ1) is 8.63. The Morgan fingerprint density at radius 2 is 2.33 bits per heavy atom. The molecule has 0 radical (unpaired) electrons. The SMILES string of the molecule is C=Cc1nccc(SC2(C(=O)O)CCC2)c1C=N. The lowest BCUT2D eigenvalue weighted by atomic mass is 9.84. The van der Waals surface area contributed by atoms with E-state index in [0.29, 0.717) is 24.1 Å². The lowest BCUT2D eigenvalue weighted by Gasteiger charge is -2.37. The van der Waals surface area contributed by atoms with Crippen molar-refractivity contribution in [3.05, 3.63) is 30.1 Å². The van der Waals surface area contributed by atoms with Crippen LogP contribution in [0.3, 0.4) is 0 Å². The van der Waals surface area contributed by atoms with Gasteiger partial charge in [0.15, 0.2) is 0 Å². The number of nitrogens with zero attached hydrogens (tertiary/aromatic N) is 1. The van der Waals surface area contributed by atoms with Crippen molar-refractivity contribution in [2.24, 2.45) is 0 Å². The maximum Gasteiger partial charge on any atom is 0.320 e. The third kappa shape index (κ3) is 2.06. The fourth-order valence-corrected chi connectivity index (χ4v) is 3.34. The number of aliphatic carboxylic acids is 1. The van der Waals surface area contributed by atoms with Crippen molar-refractivity contribution in [1.82, 2.24) is 4.98 Å². The summed E-state index contributed by atoms with van der Waals surface area (Å²) in [6.07, 6.45) is 6.71. The van der Waals surface area contributed by atoms with Crippen LogP contribution in [0.25, 0.3) is 6.08 Å². The largest absolute Gasteiger partial charge is 0.480 e. The number of carboxylic acids is 1. The minimum atomic E-state index is -0.772. The Hall–Kier alpha value is -1.62. The van der Waals surface area contributed by atoms with E-state index in [2.05, 4.69) is 11.6 Å². The smallest absolute Gasteiger partial charge is 0.320 e. The summed E-state index contributed by atoms with van der Waals surface area (Å²) in [7, 11) is 0. The van der Waals surface area contributed by atoms with E-state index < -0.39 is 10.7 Å². The van der Waals surface area contributed by atoms with Crippen molar-refractivity contribution in [2.75, 3.05) is 0 Å². The molecule has 1 aromatic heterocycles. The Bertz CT molecular complexity index is 510. The van der Waals surface area contributed by atoms with E-state index in [1.807, 2.05) is 0 Å². The maximum atomic E-state index is 11.3. The quantitative estimate of drug-likeness (QED) is 0.800. The Morgan fingerprint density at radius 1 is 1.61 bits per heavy atom. The molecular formula is C13H14N2O2S. The standard InChI is InChI=1S/C13H14N2O2S/c1-2-10-9(8-14)11(4-7-15-10)18-13(12(16)17)5-3-6-13/h2,4,7-8,14H,1,3,5-6H2,(H,16,17). The molecule has 0 saturated heterocycles. The Balaban J connectivity index is 2.37. The van der Waals surface area contributed by atoms with E-state index in [1.165, 1.54) is 18.0 Å². The molecule has 2 N–H and O–H groups in total. The van der Waals surface area contributed by atoms with Gasteiger partial charge >= 0.3 is 5.97 Å². The van der Waals surface area contributed by atoms with Gasteiger partial charge in [-0.05, 0) is 31.4 Å². The number of aromatic nitrogens is 1. The molecule has 0 amide bonds. The van der Waals surface area contributed by atoms with Crippen LogP contribution < -0.4 is 0 Å². The molecule has 0 aliphatic heterocycles. The minimum Gasteiger partial charge on any atom is -0.480 e. The molecule has 1 aliphatic carbocycles. The number of carbonyl (C=O) groups is 1. The molecule has 94 valence electrons. The first-order valence-corrected chi connectivity index (χ1v) is 6.49. The summed E-state index contributed by atoms with van der Waals surface area (Å²) in [6, 6.07) is 1.76. The highest BCUT2D eigenvalue weighted by molar-refractivity contribution is 8.01. The fraction of sp³-hybridized carbons (Fsp3) is 0.308. The van der Waals surface area contributed by atoms with Gasteiger partial charge in [0.2, 0.25) is 0 Å². The van der Waals surface area contributed by atoms with Crippen LogP contribution in [0.5, 0.6) is 0 Å². The highest BCUT2D eigenvalue weighted by Crippen LogP contribution is 2.48. The summed E-state index contributed by atoms with van der Waals surface area (Å²) in [4.78, 5) is 16.3. The first kappa shape index (κ1) is 12.8. The Kier molecular flexibility index (Phi) is 3.52. The number of pyridine rings is 1. The number of thioether (sulfide) groups is 1. The highest BCUT2D eigenvalue weighted by atomic mass is 32.2. The van der Waals surface area contributed by atoms with Crippen LogP contribution in [-0.2, 0) is 4.79 Å². The molecule has 5 heteroatoms. The third-order valence-corrected chi connectivity index (χ3v) is 4.72. The number of carboxylic acid groups (broad SMARTS) is 1. The van der Waals surface area contributed by atoms with Crippen LogP contribution >= 0.6 is 11.8 Å². The topological polar surface area (TPSA) is 74.0 Å². The summed E-state index contributed by atoms with van der Waals surface area (Å²) >= 11 is 1.33.